The van der Waals surface area contributed by atoms with Crippen LogP contribution < -0.4 is 10.6 Å². The first-order valence-electron chi connectivity index (χ1n) is 10.9. The van der Waals surface area contributed by atoms with Crippen molar-refractivity contribution in [2.45, 2.75) is 46.3 Å². The summed E-state index contributed by atoms with van der Waals surface area (Å²) in [5, 5.41) is 5.23. The molecule has 1 aromatic heterocycles. The first-order valence-corrected chi connectivity index (χ1v) is 10.9. The average molecular weight is 466 g/mol. The molecule has 0 radical (unpaired) electrons. The highest BCUT2D eigenvalue weighted by molar-refractivity contribution is 5.98. The maximum Gasteiger partial charge on any atom is 0.272 e. The van der Waals surface area contributed by atoms with Gasteiger partial charge in [-0.1, -0.05) is 20.8 Å². The molecular weight excluding hydrogens is 435 g/mol. The Balaban J connectivity index is 2.02. The van der Waals surface area contributed by atoms with E-state index in [2.05, 4.69) is 15.6 Å². The molecule has 0 unspecified atom stereocenters. The summed E-state index contributed by atoms with van der Waals surface area (Å²) < 4.78 is 41.8. The number of amides is 2. The molecule has 2 N–H and O–H groups in total. The fraction of sp³-hybridized carbons (Fsp3) is 0.522. The van der Waals surface area contributed by atoms with Gasteiger partial charge in [0.2, 0.25) is 5.91 Å². The molecule has 1 aromatic carbocycles. The summed E-state index contributed by atoms with van der Waals surface area (Å²) in [6.07, 6.45) is 0.786. The first kappa shape index (κ1) is 24.8. The van der Waals surface area contributed by atoms with Crippen LogP contribution in [0.15, 0.2) is 18.2 Å². The van der Waals surface area contributed by atoms with Crippen molar-refractivity contribution in [1.29, 1.82) is 0 Å². The van der Waals surface area contributed by atoms with Crippen LogP contribution in [0.25, 0.3) is 11.4 Å². The Kier molecular flexibility index (Phi) is 7.46. The van der Waals surface area contributed by atoms with Crippen molar-refractivity contribution < 1.29 is 22.8 Å². The molecule has 180 valence electrons. The minimum absolute atomic E-state index is 0.121. The minimum atomic E-state index is -1.00. The molecule has 33 heavy (non-hydrogen) atoms. The fourth-order valence-corrected chi connectivity index (χ4v) is 3.91. The van der Waals surface area contributed by atoms with Crippen molar-refractivity contribution in [2.24, 2.45) is 5.41 Å². The third-order valence-corrected chi connectivity index (χ3v) is 5.60. The highest BCUT2D eigenvalue weighted by Crippen LogP contribution is 2.28. The summed E-state index contributed by atoms with van der Waals surface area (Å²) in [6, 6.07) is 2.58. The molecule has 1 atom stereocenters. The van der Waals surface area contributed by atoms with Crippen LogP contribution in [0.4, 0.5) is 13.2 Å². The van der Waals surface area contributed by atoms with Crippen molar-refractivity contribution in [3.05, 3.63) is 41.2 Å². The second kappa shape index (κ2) is 9.94. The Labute approximate surface area is 191 Å². The lowest BCUT2D eigenvalue weighted by Gasteiger charge is -2.30. The van der Waals surface area contributed by atoms with Gasteiger partial charge >= 0.3 is 0 Å². The lowest BCUT2D eigenvalue weighted by molar-refractivity contribution is -0.125. The van der Waals surface area contributed by atoms with Crippen LogP contribution in [-0.4, -0.2) is 59.1 Å². The number of imidazole rings is 1. The number of rotatable bonds is 6. The van der Waals surface area contributed by atoms with Crippen LogP contribution in [0.3, 0.4) is 0 Å². The fourth-order valence-electron chi connectivity index (χ4n) is 3.91. The van der Waals surface area contributed by atoms with E-state index in [0.717, 1.165) is 25.1 Å². The van der Waals surface area contributed by atoms with Gasteiger partial charge < -0.3 is 20.1 Å². The smallest absolute Gasteiger partial charge is 0.272 e. The monoisotopic (exact) mass is 465 g/mol. The summed E-state index contributed by atoms with van der Waals surface area (Å²) in [5.74, 6) is -2.65. The molecule has 0 saturated carbocycles. The highest BCUT2D eigenvalue weighted by atomic mass is 19.2. The van der Waals surface area contributed by atoms with E-state index in [1.807, 2.05) is 16.5 Å². The molecule has 3 rings (SSSR count). The minimum Gasteiger partial charge on any atom is -0.352 e. The summed E-state index contributed by atoms with van der Waals surface area (Å²) in [6.45, 7) is 6.28. The van der Waals surface area contributed by atoms with E-state index in [1.165, 1.54) is 6.07 Å². The van der Waals surface area contributed by atoms with Crippen LogP contribution in [0, 0.1) is 17.0 Å². The van der Waals surface area contributed by atoms with Gasteiger partial charge in [0, 0.05) is 25.2 Å². The molecule has 0 saturated heterocycles. The van der Waals surface area contributed by atoms with Crippen LogP contribution in [-0.2, 0) is 17.9 Å². The molecule has 2 heterocycles. The number of nitrogens with one attached hydrogen (secondary N) is 2. The number of hydrogen-bond donors (Lipinski definition) is 2. The van der Waals surface area contributed by atoms with Gasteiger partial charge in [-0.25, -0.2) is 18.2 Å². The number of alkyl halides is 1. The maximum atomic E-state index is 13.9. The predicted octanol–water partition coefficient (Wildman–Crippen LogP) is 2.89. The van der Waals surface area contributed by atoms with Gasteiger partial charge in [0.05, 0.1) is 5.69 Å². The molecule has 0 fully saturated rings. The van der Waals surface area contributed by atoms with E-state index < -0.39 is 41.6 Å². The lowest BCUT2D eigenvalue weighted by Crippen LogP contribution is -2.54. The van der Waals surface area contributed by atoms with E-state index in [4.69, 9.17) is 0 Å². The predicted molar refractivity (Wildman–Crippen MR) is 118 cm³/mol. The molecule has 0 bridgehead atoms. The third-order valence-electron chi connectivity index (χ3n) is 5.60. The van der Waals surface area contributed by atoms with Crippen LogP contribution in [0.2, 0.25) is 0 Å². The summed E-state index contributed by atoms with van der Waals surface area (Å²) >= 11 is 0. The van der Waals surface area contributed by atoms with Crippen LogP contribution >= 0.6 is 0 Å². The maximum absolute atomic E-state index is 13.9. The molecular formula is C23H30F3N5O2. The van der Waals surface area contributed by atoms with Crippen LogP contribution in [0.5, 0.6) is 0 Å². The van der Waals surface area contributed by atoms with Crippen molar-refractivity contribution in [3.63, 3.8) is 0 Å². The number of halogens is 3. The van der Waals surface area contributed by atoms with Crippen molar-refractivity contribution in [1.82, 2.24) is 25.1 Å². The molecule has 1 aliphatic rings. The molecule has 7 nitrogen and oxygen atoms in total. The van der Waals surface area contributed by atoms with Crippen molar-refractivity contribution in [2.75, 3.05) is 26.8 Å². The summed E-state index contributed by atoms with van der Waals surface area (Å²) in [7, 11) is 1.92. The molecule has 0 aliphatic carbocycles. The number of carbonyl (C=O) groups excluding carboxylic acids is 2. The molecule has 1 aliphatic heterocycles. The SMILES string of the molecule is CN1CCCn2c(-c3ccc(F)c(F)c3)nc(C(=O)N[C@H](C(=O)NCCF)C(C)(C)C)c2C1. The van der Waals surface area contributed by atoms with Gasteiger partial charge in [-0.05, 0) is 43.6 Å². The Morgan fingerprint density at radius 2 is 1.91 bits per heavy atom. The Morgan fingerprint density at radius 1 is 1.18 bits per heavy atom. The Morgan fingerprint density at radius 3 is 2.55 bits per heavy atom. The number of fused-ring (bicyclic) bond motifs is 1. The normalized spacial score (nSPS) is 15.5. The van der Waals surface area contributed by atoms with E-state index in [0.29, 0.717) is 30.2 Å². The highest BCUT2D eigenvalue weighted by Gasteiger charge is 2.35. The summed E-state index contributed by atoms with van der Waals surface area (Å²) in [4.78, 5) is 32.5. The van der Waals surface area contributed by atoms with Crippen LogP contribution in [0.1, 0.15) is 43.4 Å². The molecule has 0 spiro atoms. The van der Waals surface area contributed by atoms with Gasteiger partial charge in [0.15, 0.2) is 17.3 Å². The average Bonchev–Trinajstić information content (AvgIpc) is 2.97. The summed E-state index contributed by atoms with van der Waals surface area (Å²) in [5.41, 5.74) is 0.457. The second-order valence-electron chi connectivity index (χ2n) is 9.36. The van der Waals surface area contributed by atoms with E-state index >= 15 is 0 Å². The number of nitrogens with zero attached hydrogens (tertiary/aromatic N) is 3. The lowest BCUT2D eigenvalue weighted by atomic mass is 9.86. The van der Waals surface area contributed by atoms with Gasteiger partial charge in [0.1, 0.15) is 18.5 Å². The number of aromatic nitrogens is 2. The van der Waals surface area contributed by atoms with E-state index in [-0.39, 0.29) is 12.2 Å². The third kappa shape index (κ3) is 5.55. The quantitative estimate of drug-likeness (QED) is 0.688. The zero-order chi connectivity index (χ0) is 24.3. The molecule has 2 aromatic rings. The Bertz CT molecular complexity index is 1030. The zero-order valence-corrected chi connectivity index (χ0v) is 19.3. The van der Waals surface area contributed by atoms with Crippen molar-refractivity contribution in [3.8, 4) is 11.4 Å². The number of carbonyl (C=O) groups is 2. The molecule has 2 amide bonds. The number of benzene rings is 1. The van der Waals surface area contributed by atoms with Gasteiger partial charge in [-0.2, -0.15) is 0 Å². The molecule has 10 heteroatoms. The van der Waals surface area contributed by atoms with Gasteiger partial charge in [-0.15, -0.1) is 0 Å². The number of hydrogen-bond acceptors (Lipinski definition) is 4. The topological polar surface area (TPSA) is 79.3 Å². The zero-order valence-electron chi connectivity index (χ0n) is 19.3. The standard InChI is InChI=1S/C23H30F3N5O2/c1-23(2,3)19(22(33)27-9-8-24)29-21(32)18-17-13-30(4)10-5-11-31(17)20(28-18)14-6-7-15(25)16(26)12-14/h6-7,12,19H,5,8-11,13H2,1-4H3,(H,27,33)(H,29,32)/t19-/m1/s1. The second-order valence-corrected chi connectivity index (χ2v) is 9.36. The largest absolute Gasteiger partial charge is 0.352 e. The first-order chi connectivity index (χ1) is 15.5. The van der Waals surface area contributed by atoms with Gasteiger partial charge in [0.25, 0.3) is 5.91 Å². The Hall–Kier alpha value is -2.88. The van der Waals surface area contributed by atoms with E-state index in [1.54, 1.807) is 20.8 Å². The van der Waals surface area contributed by atoms with E-state index in [9.17, 15) is 22.8 Å². The van der Waals surface area contributed by atoms with Crippen molar-refractivity contribution >= 4 is 11.8 Å². The van der Waals surface area contributed by atoms with Gasteiger partial charge in [-0.3, -0.25) is 9.59 Å².